The summed E-state index contributed by atoms with van der Waals surface area (Å²) in [7, 11) is -1.99. The van der Waals surface area contributed by atoms with Crippen LogP contribution in [0.1, 0.15) is 26.2 Å². The van der Waals surface area contributed by atoms with E-state index in [4.69, 9.17) is 4.74 Å². The zero-order chi connectivity index (χ0) is 17.0. The summed E-state index contributed by atoms with van der Waals surface area (Å²) in [6, 6.07) is 4.73. The predicted octanol–water partition coefficient (Wildman–Crippen LogP) is 2.38. The highest BCUT2D eigenvalue weighted by atomic mass is 32.2. The molecule has 0 saturated heterocycles. The molecule has 1 aliphatic carbocycles. The van der Waals surface area contributed by atoms with Crippen LogP contribution in [0.3, 0.4) is 0 Å². The Balaban J connectivity index is 2.00. The number of ether oxygens (including phenoxy) is 1. The topological polar surface area (TPSA) is 96.5 Å². The van der Waals surface area contributed by atoms with Gasteiger partial charge in [0.05, 0.1) is 19.1 Å². The van der Waals surface area contributed by atoms with Crippen molar-refractivity contribution in [1.29, 1.82) is 0 Å². The lowest BCUT2D eigenvalue weighted by molar-refractivity contribution is 0.251. The zero-order valence-corrected chi connectivity index (χ0v) is 14.4. The first-order valence-electron chi connectivity index (χ1n) is 7.55. The Kier molecular flexibility index (Phi) is 5.35. The second kappa shape index (κ2) is 7.08. The van der Waals surface area contributed by atoms with Gasteiger partial charge in [0.1, 0.15) is 5.75 Å². The molecular formula is C15H23N3O4S. The number of carbonyl (C=O) groups excluding carboxylic acids is 1. The van der Waals surface area contributed by atoms with E-state index >= 15 is 0 Å². The smallest absolute Gasteiger partial charge is 0.319 e. The second-order valence-corrected chi connectivity index (χ2v) is 7.53. The van der Waals surface area contributed by atoms with Gasteiger partial charge in [-0.15, -0.1) is 0 Å². The monoisotopic (exact) mass is 341 g/mol. The van der Waals surface area contributed by atoms with Crippen LogP contribution in [0.25, 0.3) is 0 Å². The molecule has 2 atom stereocenters. The van der Waals surface area contributed by atoms with E-state index in [1.54, 1.807) is 12.1 Å². The summed E-state index contributed by atoms with van der Waals surface area (Å²) >= 11 is 0. The van der Waals surface area contributed by atoms with Gasteiger partial charge in [-0.05, 0) is 37.0 Å². The molecule has 1 aromatic carbocycles. The van der Waals surface area contributed by atoms with E-state index in [9.17, 15) is 13.2 Å². The number of amides is 2. The molecule has 0 heterocycles. The number of hydrogen-bond donors (Lipinski definition) is 3. The third kappa shape index (κ3) is 5.31. The maximum atomic E-state index is 12.0. The van der Waals surface area contributed by atoms with Gasteiger partial charge in [0, 0.05) is 11.7 Å². The minimum absolute atomic E-state index is 0.238. The minimum atomic E-state index is -3.44. The van der Waals surface area contributed by atoms with Gasteiger partial charge in [-0.25, -0.2) is 13.2 Å². The van der Waals surface area contributed by atoms with Crippen LogP contribution < -0.4 is 20.1 Å². The third-order valence-electron chi connectivity index (χ3n) is 3.65. The van der Waals surface area contributed by atoms with Crippen LogP contribution >= 0.6 is 0 Å². The van der Waals surface area contributed by atoms with E-state index in [1.807, 2.05) is 0 Å². The standard InChI is InChI=1S/C15H23N3O4S/c1-4-5-10-8-12(10)17-15(19)16-11-6-7-14(22-2)13(9-11)18-23(3,20)21/h6-7,9-10,12,18H,4-5,8H2,1-3H3,(H2,16,17,19)/t10-,12-/m1/s1. The lowest BCUT2D eigenvalue weighted by atomic mass is 10.2. The molecule has 0 bridgehead atoms. The first kappa shape index (κ1) is 17.4. The lowest BCUT2D eigenvalue weighted by Gasteiger charge is -2.13. The van der Waals surface area contributed by atoms with E-state index < -0.39 is 10.0 Å². The largest absolute Gasteiger partial charge is 0.495 e. The molecule has 1 aliphatic rings. The minimum Gasteiger partial charge on any atom is -0.495 e. The van der Waals surface area contributed by atoms with Crippen LogP contribution in [0.15, 0.2) is 18.2 Å². The number of sulfonamides is 1. The van der Waals surface area contributed by atoms with Gasteiger partial charge >= 0.3 is 6.03 Å². The number of urea groups is 1. The van der Waals surface area contributed by atoms with E-state index in [1.165, 1.54) is 13.2 Å². The molecule has 0 aromatic heterocycles. The van der Waals surface area contributed by atoms with Crippen LogP contribution in [0.2, 0.25) is 0 Å². The number of benzene rings is 1. The van der Waals surface area contributed by atoms with Crippen molar-refractivity contribution in [3.8, 4) is 5.75 Å². The molecule has 0 spiro atoms. The first-order valence-corrected chi connectivity index (χ1v) is 9.45. The van der Waals surface area contributed by atoms with E-state index in [0.29, 0.717) is 17.4 Å². The van der Waals surface area contributed by atoms with Crippen LogP contribution in [0.5, 0.6) is 5.75 Å². The molecule has 0 aliphatic heterocycles. The molecule has 8 heteroatoms. The molecule has 23 heavy (non-hydrogen) atoms. The molecule has 0 radical (unpaired) electrons. The number of nitrogens with one attached hydrogen (secondary N) is 3. The Morgan fingerprint density at radius 1 is 1.39 bits per heavy atom. The summed E-state index contributed by atoms with van der Waals surface area (Å²) in [5.41, 5.74) is 0.769. The van der Waals surface area contributed by atoms with Gasteiger partial charge in [-0.3, -0.25) is 4.72 Å². The van der Waals surface area contributed by atoms with Crippen LogP contribution in [0, 0.1) is 5.92 Å². The average molecular weight is 341 g/mol. The van der Waals surface area contributed by atoms with Gasteiger partial charge in [0.15, 0.2) is 0 Å². The van der Waals surface area contributed by atoms with Crippen LogP contribution in [-0.2, 0) is 10.0 Å². The molecule has 7 nitrogen and oxygen atoms in total. The molecule has 2 rings (SSSR count). The van der Waals surface area contributed by atoms with Crippen LogP contribution in [0.4, 0.5) is 16.2 Å². The molecule has 3 N–H and O–H groups in total. The van der Waals surface area contributed by atoms with Crippen molar-refractivity contribution in [2.75, 3.05) is 23.4 Å². The van der Waals surface area contributed by atoms with Gasteiger partial charge in [0.25, 0.3) is 0 Å². The summed E-state index contributed by atoms with van der Waals surface area (Å²) < 4.78 is 30.3. The Labute approximate surface area is 136 Å². The predicted molar refractivity (Wildman–Crippen MR) is 90.4 cm³/mol. The Morgan fingerprint density at radius 2 is 2.13 bits per heavy atom. The van der Waals surface area contributed by atoms with Gasteiger partial charge in [-0.1, -0.05) is 13.3 Å². The zero-order valence-electron chi connectivity index (χ0n) is 13.5. The maximum Gasteiger partial charge on any atom is 0.319 e. The van der Waals surface area contributed by atoms with Crippen molar-refractivity contribution in [3.63, 3.8) is 0 Å². The van der Waals surface area contributed by atoms with Crippen molar-refractivity contribution in [3.05, 3.63) is 18.2 Å². The second-order valence-electron chi connectivity index (χ2n) is 5.78. The Morgan fingerprint density at radius 3 is 2.74 bits per heavy atom. The number of hydrogen-bond acceptors (Lipinski definition) is 4. The molecule has 1 aromatic rings. The van der Waals surface area contributed by atoms with Gasteiger partial charge in [-0.2, -0.15) is 0 Å². The van der Waals surface area contributed by atoms with E-state index in [0.717, 1.165) is 25.5 Å². The highest BCUT2D eigenvalue weighted by Crippen LogP contribution is 2.34. The third-order valence-corrected chi connectivity index (χ3v) is 4.24. The summed E-state index contributed by atoms with van der Waals surface area (Å²) in [5, 5.41) is 5.63. The highest BCUT2D eigenvalue weighted by Gasteiger charge is 2.37. The van der Waals surface area contributed by atoms with Crippen molar-refractivity contribution in [2.45, 2.75) is 32.2 Å². The molecule has 128 valence electrons. The molecular weight excluding hydrogens is 318 g/mol. The molecule has 1 fully saturated rings. The fraction of sp³-hybridized carbons (Fsp3) is 0.533. The summed E-state index contributed by atoms with van der Waals surface area (Å²) in [6.45, 7) is 2.13. The van der Waals surface area contributed by atoms with Gasteiger partial charge < -0.3 is 15.4 Å². The SMILES string of the molecule is CCC[C@@H]1C[C@H]1NC(=O)Nc1ccc(OC)c(NS(C)(=O)=O)c1. The number of carbonyl (C=O) groups is 1. The summed E-state index contributed by atoms with van der Waals surface area (Å²) in [5.74, 6) is 0.954. The van der Waals surface area contributed by atoms with Crippen molar-refractivity contribution in [2.24, 2.45) is 5.92 Å². The summed E-state index contributed by atoms with van der Waals surface area (Å²) in [6.07, 6.45) is 4.31. The number of methoxy groups -OCH3 is 1. The molecule has 1 saturated carbocycles. The average Bonchev–Trinajstić information content (AvgIpc) is 3.15. The molecule has 0 unspecified atom stereocenters. The quantitative estimate of drug-likeness (QED) is 0.709. The van der Waals surface area contributed by atoms with E-state index in [2.05, 4.69) is 22.3 Å². The molecule has 2 amide bonds. The van der Waals surface area contributed by atoms with E-state index in [-0.39, 0.29) is 17.8 Å². The fourth-order valence-corrected chi connectivity index (χ4v) is 3.07. The number of rotatable bonds is 7. The van der Waals surface area contributed by atoms with Crippen LogP contribution in [-0.4, -0.2) is 33.9 Å². The lowest BCUT2D eigenvalue weighted by Crippen LogP contribution is -2.31. The fourth-order valence-electron chi connectivity index (χ4n) is 2.52. The van der Waals surface area contributed by atoms with Crippen molar-refractivity contribution >= 4 is 27.4 Å². The summed E-state index contributed by atoms with van der Waals surface area (Å²) in [4.78, 5) is 12.0. The Hall–Kier alpha value is -1.96. The normalized spacial score (nSPS) is 19.8. The Bertz CT molecular complexity index is 675. The van der Waals surface area contributed by atoms with Crippen molar-refractivity contribution in [1.82, 2.24) is 5.32 Å². The highest BCUT2D eigenvalue weighted by molar-refractivity contribution is 7.92. The number of anilines is 2. The van der Waals surface area contributed by atoms with Gasteiger partial charge in [0.2, 0.25) is 10.0 Å². The maximum absolute atomic E-state index is 12.0. The van der Waals surface area contributed by atoms with Crippen molar-refractivity contribution < 1.29 is 17.9 Å². The first-order chi connectivity index (χ1) is 10.8.